The van der Waals surface area contributed by atoms with Crippen LogP contribution >= 0.6 is 15.9 Å². The van der Waals surface area contributed by atoms with Gasteiger partial charge < -0.3 is 5.11 Å². The summed E-state index contributed by atoms with van der Waals surface area (Å²) in [5, 5.41) is 9.68. The number of unbranched alkanes of at least 4 members (excludes halogenated alkanes) is 3. The fraction of sp³-hybridized carbons (Fsp3) is 0.429. The maximum absolute atomic E-state index is 8.58. The van der Waals surface area contributed by atoms with Crippen LogP contribution in [0, 0.1) is 0 Å². The van der Waals surface area contributed by atoms with Crippen LogP contribution in [0.5, 0.6) is 0 Å². The Bertz CT molecular complexity index is 470. The van der Waals surface area contributed by atoms with Crippen LogP contribution in [0.3, 0.4) is 0 Å². The number of halogens is 1. The first-order valence-electron chi connectivity index (χ1n) is 8.61. The van der Waals surface area contributed by atoms with Crippen molar-refractivity contribution in [3.05, 3.63) is 71.8 Å². The molecule has 0 aliphatic rings. The van der Waals surface area contributed by atoms with Crippen LogP contribution in [0.2, 0.25) is 0 Å². The van der Waals surface area contributed by atoms with Gasteiger partial charge in [-0.1, -0.05) is 89.4 Å². The highest BCUT2D eigenvalue weighted by atomic mass is 79.9. The van der Waals surface area contributed by atoms with Crippen LogP contribution in [0.15, 0.2) is 60.7 Å². The highest BCUT2D eigenvalue weighted by Crippen LogP contribution is 2.07. The molecule has 0 spiro atoms. The monoisotopic (exact) mass is 376 g/mol. The second-order valence-electron chi connectivity index (χ2n) is 5.65. The van der Waals surface area contributed by atoms with Gasteiger partial charge in [-0.15, -0.1) is 0 Å². The van der Waals surface area contributed by atoms with E-state index in [1.807, 2.05) is 0 Å². The minimum Gasteiger partial charge on any atom is -0.396 e. The molecule has 23 heavy (non-hydrogen) atoms. The van der Waals surface area contributed by atoms with Crippen molar-refractivity contribution in [2.75, 3.05) is 11.9 Å². The predicted molar refractivity (Wildman–Crippen MR) is 104 cm³/mol. The van der Waals surface area contributed by atoms with E-state index in [1.54, 1.807) is 0 Å². The Balaban J connectivity index is 0.000000238. The molecule has 0 bridgehead atoms. The zero-order chi connectivity index (χ0) is 16.6. The number of alkyl halides is 1. The molecule has 0 amide bonds. The largest absolute Gasteiger partial charge is 0.396 e. The lowest BCUT2D eigenvalue weighted by Gasteiger charge is -2.00. The summed E-state index contributed by atoms with van der Waals surface area (Å²) in [6, 6.07) is 21.1. The second kappa shape index (κ2) is 14.5. The number of aliphatic hydroxyl groups excluding tert-OH is 1. The first-order chi connectivity index (χ1) is 11.4. The van der Waals surface area contributed by atoms with Gasteiger partial charge in [-0.3, -0.25) is 0 Å². The van der Waals surface area contributed by atoms with Gasteiger partial charge in [0.25, 0.3) is 0 Å². The van der Waals surface area contributed by atoms with Crippen LogP contribution < -0.4 is 0 Å². The highest BCUT2D eigenvalue weighted by molar-refractivity contribution is 9.09. The SMILES string of the molecule is BrCCCc1ccccc1.OCCCCCCc1ccccc1. The summed E-state index contributed by atoms with van der Waals surface area (Å²) in [5.41, 5.74) is 2.86. The van der Waals surface area contributed by atoms with Crippen molar-refractivity contribution in [1.29, 1.82) is 0 Å². The van der Waals surface area contributed by atoms with E-state index in [4.69, 9.17) is 5.11 Å². The average molecular weight is 377 g/mol. The smallest absolute Gasteiger partial charge is 0.0431 e. The van der Waals surface area contributed by atoms with Gasteiger partial charge >= 0.3 is 0 Å². The molecule has 126 valence electrons. The minimum atomic E-state index is 0.339. The van der Waals surface area contributed by atoms with E-state index in [1.165, 1.54) is 43.2 Å². The summed E-state index contributed by atoms with van der Waals surface area (Å²) in [5.74, 6) is 0. The molecule has 0 aliphatic carbocycles. The number of aryl methyl sites for hydroxylation is 2. The van der Waals surface area contributed by atoms with Crippen molar-refractivity contribution in [1.82, 2.24) is 0 Å². The molecule has 0 aliphatic heterocycles. The lowest BCUT2D eigenvalue weighted by molar-refractivity contribution is 0.282. The molecule has 1 nitrogen and oxygen atoms in total. The Labute approximate surface area is 149 Å². The number of hydrogen-bond donors (Lipinski definition) is 1. The van der Waals surface area contributed by atoms with Gasteiger partial charge in [-0.05, 0) is 43.2 Å². The fourth-order valence-electron chi connectivity index (χ4n) is 2.35. The zero-order valence-electron chi connectivity index (χ0n) is 14.0. The van der Waals surface area contributed by atoms with Gasteiger partial charge in [0.1, 0.15) is 0 Å². The lowest BCUT2D eigenvalue weighted by atomic mass is 10.1. The molecule has 1 N–H and O–H groups in total. The average Bonchev–Trinajstić information content (AvgIpc) is 2.62. The van der Waals surface area contributed by atoms with Crippen LogP contribution in [0.1, 0.15) is 43.2 Å². The first-order valence-corrected chi connectivity index (χ1v) is 9.73. The van der Waals surface area contributed by atoms with Gasteiger partial charge in [0.05, 0.1) is 0 Å². The molecular weight excluding hydrogens is 348 g/mol. The third-order valence-corrected chi connectivity index (χ3v) is 4.22. The standard InChI is InChI=1S/C12H18O.C9H11Br/c13-11-7-2-1-4-8-12-9-5-3-6-10-12;10-8-4-7-9-5-2-1-3-6-9/h3,5-6,9-10,13H,1-2,4,7-8,11H2;1-3,5-6H,4,7-8H2. The lowest BCUT2D eigenvalue weighted by Crippen LogP contribution is -1.87. The molecule has 2 aromatic carbocycles. The Kier molecular flexibility index (Phi) is 12.5. The Morgan fingerprint density at radius 1 is 0.609 bits per heavy atom. The minimum absolute atomic E-state index is 0.339. The number of rotatable bonds is 9. The molecule has 0 atom stereocenters. The van der Waals surface area contributed by atoms with E-state index < -0.39 is 0 Å². The molecule has 0 heterocycles. The third kappa shape index (κ3) is 11.1. The normalized spacial score (nSPS) is 10.0. The first kappa shape index (κ1) is 19.9. The molecule has 0 aromatic heterocycles. The summed E-state index contributed by atoms with van der Waals surface area (Å²) >= 11 is 3.41. The van der Waals surface area contributed by atoms with E-state index in [9.17, 15) is 0 Å². The quantitative estimate of drug-likeness (QED) is 0.433. The summed E-state index contributed by atoms with van der Waals surface area (Å²) in [6.07, 6.45) is 8.17. The molecule has 2 rings (SSSR count). The van der Waals surface area contributed by atoms with Gasteiger partial charge in [-0.2, -0.15) is 0 Å². The molecule has 0 radical (unpaired) electrons. The summed E-state index contributed by atoms with van der Waals surface area (Å²) in [6.45, 7) is 0.339. The van der Waals surface area contributed by atoms with E-state index in [0.29, 0.717) is 6.61 Å². The van der Waals surface area contributed by atoms with Crippen LogP contribution in [0.4, 0.5) is 0 Å². The molecule has 2 aromatic rings. The molecular formula is C21H29BrO. The van der Waals surface area contributed by atoms with Crippen molar-refractivity contribution in [3.8, 4) is 0 Å². The molecule has 0 saturated heterocycles. The van der Waals surface area contributed by atoms with E-state index in [0.717, 1.165) is 18.2 Å². The van der Waals surface area contributed by atoms with Crippen LogP contribution in [0.25, 0.3) is 0 Å². The molecule has 2 heteroatoms. The van der Waals surface area contributed by atoms with Crippen LogP contribution in [-0.2, 0) is 12.8 Å². The van der Waals surface area contributed by atoms with E-state index in [-0.39, 0.29) is 0 Å². The summed E-state index contributed by atoms with van der Waals surface area (Å²) < 4.78 is 0. The molecule has 0 saturated carbocycles. The maximum Gasteiger partial charge on any atom is 0.0431 e. The number of hydrogen-bond acceptors (Lipinski definition) is 1. The van der Waals surface area contributed by atoms with Crippen molar-refractivity contribution >= 4 is 15.9 Å². The highest BCUT2D eigenvalue weighted by Gasteiger charge is 1.92. The van der Waals surface area contributed by atoms with Crippen molar-refractivity contribution in [3.63, 3.8) is 0 Å². The van der Waals surface area contributed by atoms with E-state index in [2.05, 4.69) is 76.6 Å². The topological polar surface area (TPSA) is 20.2 Å². The van der Waals surface area contributed by atoms with Crippen molar-refractivity contribution in [2.24, 2.45) is 0 Å². The van der Waals surface area contributed by atoms with Gasteiger partial charge in [0.2, 0.25) is 0 Å². The maximum atomic E-state index is 8.58. The predicted octanol–water partition coefficient (Wildman–Crippen LogP) is 5.80. The van der Waals surface area contributed by atoms with Crippen molar-refractivity contribution < 1.29 is 5.11 Å². The summed E-state index contributed by atoms with van der Waals surface area (Å²) in [4.78, 5) is 0. The molecule has 0 unspecified atom stereocenters. The third-order valence-electron chi connectivity index (χ3n) is 3.66. The fourth-order valence-corrected chi connectivity index (χ4v) is 2.64. The van der Waals surface area contributed by atoms with Gasteiger partial charge in [0, 0.05) is 11.9 Å². The summed E-state index contributed by atoms with van der Waals surface area (Å²) in [7, 11) is 0. The zero-order valence-corrected chi connectivity index (χ0v) is 15.5. The number of benzene rings is 2. The number of aliphatic hydroxyl groups is 1. The van der Waals surface area contributed by atoms with Crippen molar-refractivity contribution in [2.45, 2.75) is 44.9 Å². The Morgan fingerprint density at radius 2 is 1.09 bits per heavy atom. The van der Waals surface area contributed by atoms with Gasteiger partial charge in [0.15, 0.2) is 0 Å². The molecule has 0 fully saturated rings. The van der Waals surface area contributed by atoms with E-state index >= 15 is 0 Å². The van der Waals surface area contributed by atoms with Gasteiger partial charge in [-0.25, -0.2) is 0 Å². The Morgan fingerprint density at radius 3 is 1.57 bits per heavy atom. The second-order valence-corrected chi connectivity index (χ2v) is 6.44. The Hall–Kier alpha value is -1.12. The van der Waals surface area contributed by atoms with Crippen LogP contribution in [-0.4, -0.2) is 17.0 Å².